The number of halogens is 1. The molecule has 0 radical (unpaired) electrons. The van der Waals surface area contributed by atoms with E-state index < -0.39 is 6.10 Å². The van der Waals surface area contributed by atoms with Crippen LogP contribution in [-0.2, 0) is 4.79 Å². The molecule has 132 valence electrons. The first-order valence-electron chi connectivity index (χ1n) is 9.09. The Balaban J connectivity index is 1.45. The fourth-order valence-electron chi connectivity index (χ4n) is 3.95. The van der Waals surface area contributed by atoms with Crippen LogP contribution in [0.5, 0.6) is 0 Å². The molecule has 1 saturated carbocycles. The normalized spacial score (nSPS) is 24.0. The smallest absolute Gasteiger partial charge is 0.224 e. The van der Waals surface area contributed by atoms with Gasteiger partial charge in [-0.05, 0) is 43.5 Å². The summed E-state index contributed by atoms with van der Waals surface area (Å²) in [5.41, 5.74) is 0.491. The van der Waals surface area contributed by atoms with Gasteiger partial charge >= 0.3 is 0 Å². The maximum Gasteiger partial charge on any atom is 0.224 e. The predicted molar refractivity (Wildman–Crippen MR) is 90.9 cm³/mol. The van der Waals surface area contributed by atoms with Crippen molar-refractivity contribution in [1.29, 1.82) is 0 Å². The summed E-state index contributed by atoms with van der Waals surface area (Å²) in [6, 6.07) is 6.52. The predicted octanol–water partition coefficient (Wildman–Crippen LogP) is 2.63. The number of amides is 1. The van der Waals surface area contributed by atoms with Crippen LogP contribution in [0.15, 0.2) is 24.3 Å². The Hall–Kier alpha value is -1.46. The van der Waals surface area contributed by atoms with Gasteiger partial charge in [-0.3, -0.25) is 9.69 Å². The highest BCUT2D eigenvalue weighted by molar-refractivity contribution is 5.79. The van der Waals surface area contributed by atoms with Crippen molar-refractivity contribution in [2.45, 2.75) is 50.7 Å². The van der Waals surface area contributed by atoms with E-state index in [1.165, 1.54) is 44.2 Å². The zero-order chi connectivity index (χ0) is 16.9. The molecule has 2 fully saturated rings. The van der Waals surface area contributed by atoms with Gasteiger partial charge in [0.15, 0.2) is 0 Å². The SMILES string of the molecule is O=C(NC[C@H](O)c1cccc(F)c1)[C@H]1CCN(C2CCCCC2)C1. The molecule has 5 heteroatoms. The summed E-state index contributed by atoms with van der Waals surface area (Å²) in [6.07, 6.45) is 6.47. The van der Waals surface area contributed by atoms with Gasteiger partial charge in [0.2, 0.25) is 5.91 Å². The fraction of sp³-hybridized carbons (Fsp3) is 0.632. The molecule has 1 aliphatic heterocycles. The third-order valence-electron chi connectivity index (χ3n) is 5.38. The van der Waals surface area contributed by atoms with Gasteiger partial charge in [-0.1, -0.05) is 31.4 Å². The maximum atomic E-state index is 13.2. The van der Waals surface area contributed by atoms with Gasteiger partial charge in [0.1, 0.15) is 5.82 Å². The van der Waals surface area contributed by atoms with Crippen LogP contribution in [0, 0.1) is 11.7 Å². The van der Waals surface area contributed by atoms with E-state index in [0.717, 1.165) is 19.5 Å². The van der Waals surface area contributed by atoms with Crippen LogP contribution in [0.4, 0.5) is 4.39 Å². The molecular weight excluding hydrogens is 307 g/mol. The summed E-state index contributed by atoms with van der Waals surface area (Å²) in [6.45, 7) is 1.95. The third kappa shape index (κ3) is 4.33. The zero-order valence-corrected chi connectivity index (χ0v) is 14.1. The molecule has 1 heterocycles. The van der Waals surface area contributed by atoms with Crippen LogP contribution in [0.3, 0.4) is 0 Å². The first-order chi connectivity index (χ1) is 11.6. The molecule has 0 spiro atoms. The second-order valence-corrected chi connectivity index (χ2v) is 7.09. The molecule has 1 aromatic carbocycles. The van der Waals surface area contributed by atoms with Gasteiger partial charge in [-0.15, -0.1) is 0 Å². The highest BCUT2D eigenvalue weighted by Crippen LogP contribution is 2.27. The summed E-state index contributed by atoms with van der Waals surface area (Å²) in [5.74, 6) is -0.368. The largest absolute Gasteiger partial charge is 0.387 e. The van der Waals surface area contributed by atoms with Gasteiger partial charge in [0.25, 0.3) is 0 Å². The minimum atomic E-state index is -0.875. The summed E-state index contributed by atoms with van der Waals surface area (Å²) < 4.78 is 13.2. The number of benzene rings is 1. The lowest BCUT2D eigenvalue weighted by molar-refractivity contribution is -0.125. The first kappa shape index (κ1) is 17.4. The van der Waals surface area contributed by atoms with E-state index in [1.807, 2.05) is 0 Å². The number of nitrogens with zero attached hydrogens (tertiary/aromatic N) is 1. The maximum absolute atomic E-state index is 13.2. The van der Waals surface area contributed by atoms with Crippen molar-refractivity contribution in [3.8, 4) is 0 Å². The molecule has 1 aromatic rings. The number of nitrogens with one attached hydrogen (secondary N) is 1. The Morgan fingerprint density at radius 1 is 1.29 bits per heavy atom. The summed E-state index contributed by atoms with van der Waals surface area (Å²) in [4.78, 5) is 14.8. The van der Waals surface area contributed by atoms with Crippen molar-refractivity contribution < 1.29 is 14.3 Å². The van der Waals surface area contributed by atoms with Gasteiger partial charge in [-0.25, -0.2) is 4.39 Å². The average molecular weight is 334 g/mol. The Morgan fingerprint density at radius 3 is 2.83 bits per heavy atom. The highest BCUT2D eigenvalue weighted by atomic mass is 19.1. The van der Waals surface area contributed by atoms with E-state index in [1.54, 1.807) is 12.1 Å². The van der Waals surface area contributed by atoms with Crippen molar-refractivity contribution in [2.75, 3.05) is 19.6 Å². The molecular formula is C19H27FN2O2. The molecule has 1 amide bonds. The number of carbonyl (C=O) groups is 1. The average Bonchev–Trinajstić information content (AvgIpc) is 3.10. The Morgan fingerprint density at radius 2 is 2.08 bits per heavy atom. The van der Waals surface area contributed by atoms with Gasteiger partial charge in [-0.2, -0.15) is 0 Å². The van der Waals surface area contributed by atoms with Crippen LogP contribution in [0.25, 0.3) is 0 Å². The van der Waals surface area contributed by atoms with E-state index >= 15 is 0 Å². The lowest BCUT2D eigenvalue weighted by Crippen LogP contribution is -2.38. The van der Waals surface area contributed by atoms with Crippen molar-refractivity contribution in [3.05, 3.63) is 35.6 Å². The quantitative estimate of drug-likeness (QED) is 0.870. The number of aliphatic hydroxyl groups is 1. The molecule has 2 aliphatic rings. The Labute approximate surface area is 143 Å². The molecule has 3 rings (SSSR count). The van der Waals surface area contributed by atoms with Crippen molar-refractivity contribution >= 4 is 5.91 Å². The van der Waals surface area contributed by atoms with Gasteiger partial charge in [0, 0.05) is 19.1 Å². The molecule has 2 N–H and O–H groups in total. The molecule has 0 aromatic heterocycles. The molecule has 4 nitrogen and oxygen atoms in total. The number of hydrogen-bond donors (Lipinski definition) is 2. The van der Waals surface area contributed by atoms with Gasteiger partial charge < -0.3 is 10.4 Å². The zero-order valence-electron chi connectivity index (χ0n) is 14.1. The van der Waals surface area contributed by atoms with E-state index in [0.29, 0.717) is 11.6 Å². The van der Waals surface area contributed by atoms with Crippen LogP contribution < -0.4 is 5.32 Å². The molecule has 1 saturated heterocycles. The van der Waals surface area contributed by atoms with Crippen molar-refractivity contribution in [2.24, 2.45) is 5.92 Å². The number of aliphatic hydroxyl groups excluding tert-OH is 1. The Kier molecular flexibility index (Phi) is 5.85. The lowest BCUT2D eigenvalue weighted by Gasteiger charge is -2.30. The standard InChI is InChI=1S/C19H27FN2O2/c20-16-6-4-5-14(11-16)18(23)12-21-19(24)15-9-10-22(13-15)17-7-2-1-3-8-17/h4-6,11,15,17-18,23H,1-3,7-10,12-13H2,(H,21,24)/t15-,18-/m0/s1. The van der Waals surface area contributed by atoms with Gasteiger partial charge in [0.05, 0.1) is 12.0 Å². The molecule has 0 bridgehead atoms. The third-order valence-corrected chi connectivity index (χ3v) is 5.38. The Bertz CT molecular complexity index is 560. The highest BCUT2D eigenvalue weighted by Gasteiger charge is 2.32. The summed E-state index contributed by atoms with van der Waals surface area (Å²) in [7, 11) is 0. The summed E-state index contributed by atoms with van der Waals surface area (Å²) in [5, 5.41) is 12.9. The minimum Gasteiger partial charge on any atom is -0.387 e. The van der Waals surface area contributed by atoms with E-state index in [2.05, 4.69) is 10.2 Å². The van der Waals surface area contributed by atoms with Crippen molar-refractivity contribution in [1.82, 2.24) is 10.2 Å². The van der Waals surface area contributed by atoms with E-state index in [-0.39, 0.29) is 24.2 Å². The second-order valence-electron chi connectivity index (χ2n) is 7.09. The number of hydrogen-bond acceptors (Lipinski definition) is 3. The first-order valence-corrected chi connectivity index (χ1v) is 9.09. The van der Waals surface area contributed by atoms with Crippen molar-refractivity contribution in [3.63, 3.8) is 0 Å². The molecule has 1 aliphatic carbocycles. The second kappa shape index (κ2) is 8.08. The molecule has 2 atom stereocenters. The lowest BCUT2D eigenvalue weighted by atomic mass is 9.94. The van der Waals surface area contributed by atoms with Crippen LogP contribution in [0.1, 0.15) is 50.2 Å². The number of carbonyl (C=O) groups excluding carboxylic acids is 1. The van der Waals surface area contributed by atoms with Crippen LogP contribution in [0.2, 0.25) is 0 Å². The number of rotatable bonds is 5. The fourth-order valence-corrected chi connectivity index (χ4v) is 3.95. The van der Waals surface area contributed by atoms with E-state index in [9.17, 15) is 14.3 Å². The van der Waals surface area contributed by atoms with Crippen LogP contribution in [-0.4, -0.2) is 41.6 Å². The molecule has 0 unspecified atom stereocenters. The monoisotopic (exact) mass is 334 g/mol. The number of likely N-dealkylation sites (tertiary alicyclic amines) is 1. The summed E-state index contributed by atoms with van der Waals surface area (Å²) >= 11 is 0. The van der Waals surface area contributed by atoms with Crippen LogP contribution >= 0.6 is 0 Å². The topological polar surface area (TPSA) is 52.6 Å². The minimum absolute atomic E-state index is 0.00348. The molecule has 24 heavy (non-hydrogen) atoms. The van der Waals surface area contributed by atoms with E-state index in [4.69, 9.17) is 0 Å².